The molecule has 1 atom stereocenters. The molecule has 0 radical (unpaired) electrons. The number of phenols is 1. The summed E-state index contributed by atoms with van der Waals surface area (Å²) in [6.07, 6.45) is 0.821. The van der Waals surface area contributed by atoms with Crippen LogP contribution in [0.15, 0.2) is 36.4 Å². The largest absolute Gasteiger partial charge is 0.508 e. The van der Waals surface area contributed by atoms with E-state index in [0.29, 0.717) is 5.75 Å². The van der Waals surface area contributed by atoms with Gasteiger partial charge >= 0.3 is 0 Å². The van der Waals surface area contributed by atoms with E-state index in [9.17, 15) is 5.11 Å². The molecule has 0 heterocycles. The summed E-state index contributed by atoms with van der Waals surface area (Å²) in [5.41, 5.74) is 6.86. The van der Waals surface area contributed by atoms with Crippen molar-refractivity contribution in [1.29, 1.82) is 0 Å². The van der Waals surface area contributed by atoms with Gasteiger partial charge in [0, 0.05) is 11.6 Å². The highest BCUT2D eigenvalue weighted by Gasteiger charge is 2.12. The third-order valence-corrected chi connectivity index (χ3v) is 2.76. The number of hydrogen-bond donors (Lipinski definition) is 2. The molecule has 2 aromatic carbocycles. The molecular formula is C13H15NO. The highest BCUT2D eigenvalue weighted by molar-refractivity contribution is 5.88. The molecule has 0 aromatic heterocycles. The van der Waals surface area contributed by atoms with Crippen LogP contribution in [0, 0.1) is 0 Å². The van der Waals surface area contributed by atoms with E-state index in [-0.39, 0.29) is 6.04 Å². The van der Waals surface area contributed by atoms with Gasteiger partial charge in [-0.05, 0) is 23.3 Å². The molecule has 0 aliphatic rings. The minimum atomic E-state index is -0.101. The summed E-state index contributed by atoms with van der Waals surface area (Å²) in [7, 11) is 0. The molecule has 0 spiro atoms. The quantitative estimate of drug-likeness (QED) is 0.784. The SMILES string of the molecule is CC[C@@H](N)c1c(O)ccc2ccccc12. The zero-order chi connectivity index (χ0) is 10.8. The number of nitrogens with two attached hydrogens (primary N) is 1. The number of aromatic hydroxyl groups is 1. The maximum atomic E-state index is 9.83. The zero-order valence-corrected chi connectivity index (χ0v) is 8.77. The first kappa shape index (κ1) is 9.99. The van der Waals surface area contributed by atoms with Crippen molar-refractivity contribution < 1.29 is 5.11 Å². The van der Waals surface area contributed by atoms with Crippen LogP contribution < -0.4 is 5.73 Å². The van der Waals surface area contributed by atoms with Crippen LogP contribution in [0.2, 0.25) is 0 Å². The molecule has 0 bridgehead atoms. The lowest BCUT2D eigenvalue weighted by molar-refractivity contribution is 0.462. The summed E-state index contributed by atoms with van der Waals surface area (Å²) in [5, 5.41) is 12.0. The molecule has 2 aromatic rings. The van der Waals surface area contributed by atoms with Crippen LogP contribution in [0.4, 0.5) is 0 Å². The van der Waals surface area contributed by atoms with Crippen molar-refractivity contribution in [2.24, 2.45) is 5.73 Å². The molecule has 2 heteroatoms. The molecule has 0 amide bonds. The first-order chi connectivity index (χ1) is 7.24. The lowest BCUT2D eigenvalue weighted by Crippen LogP contribution is -2.09. The van der Waals surface area contributed by atoms with Gasteiger partial charge in [0.1, 0.15) is 5.75 Å². The van der Waals surface area contributed by atoms with Crippen LogP contribution in [0.5, 0.6) is 5.75 Å². The standard InChI is InChI=1S/C13H15NO/c1-2-11(14)13-10-6-4-3-5-9(10)7-8-12(13)15/h3-8,11,15H,2,14H2,1H3/t11-/m1/s1. The van der Waals surface area contributed by atoms with Crippen molar-refractivity contribution in [2.75, 3.05) is 0 Å². The van der Waals surface area contributed by atoms with E-state index in [1.165, 1.54) is 0 Å². The van der Waals surface area contributed by atoms with Crippen LogP contribution in [0.3, 0.4) is 0 Å². The number of hydrogen-bond acceptors (Lipinski definition) is 2. The van der Waals surface area contributed by atoms with Gasteiger partial charge in [0.25, 0.3) is 0 Å². The molecular weight excluding hydrogens is 186 g/mol. The molecule has 0 fully saturated rings. The molecule has 0 saturated heterocycles. The molecule has 3 N–H and O–H groups in total. The van der Waals surface area contributed by atoms with Crippen LogP contribution in [0.1, 0.15) is 24.9 Å². The van der Waals surface area contributed by atoms with Gasteiger partial charge < -0.3 is 10.8 Å². The third-order valence-electron chi connectivity index (χ3n) is 2.76. The van der Waals surface area contributed by atoms with Crippen molar-refractivity contribution in [3.63, 3.8) is 0 Å². The molecule has 0 saturated carbocycles. The Balaban J connectivity index is 2.74. The average Bonchev–Trinajstić information content (AvgIpc) is 2.28. The summed E-state index contributed by atoms with van der Waals surface area (Å²) in [5.74, 6) is 0.294. The predicted octanol–water partition coefficient (Wildman–Crippen LogP) is 2.96. The van der Waals surface area contributed by atoms with Gasteiger partial charge in [0.05, 0.1) is 0 Å². The summed E-state index contributed by atoms with van der Waals surface area (Å²) >= 11 is 0. The molecule has 78 valence electrons. The summed E-state index contributed by atoms with van der Waals surface area (Å²) in [4.78, 5) is 0. The molecule has 2 rings (SSSR count). The van der Waals surface area contributed by atoms with E-state index >= 15 is 0 Å². The Morgan fingerprint density at radius 1 is 1.20 bits per heavy atom. The molecule has 0 aliphatic heterocycles. The first-order valence-corrected chi connectivity index (χ1v) is 5.20. The number of benzene rings is 2. The lowest BCUT2D eigenvalue weighted by atomic mass is 9.97. The monoisotopic (exact) mass is 201 g/mol. The minimum absolute atomic E-state index is 0.101. The molecule has 2 nitrogen and oxygen atoms in total. The van der Waals surface area contributed by atoms with E-state index < -0.39 is 0 Å². The van der Waals surface area contributed by atoms with Gasteiger partial charge in [-0.1, -0.05) is 37.3 Å². The third kappa shape index (κ3) is 1.68. The topological polar surface area (TPSA) is 46.2 Å². The zero-order valence-electron chi connectivity index (χ0n) is 8.77. The van der Waals surface area contributed by atoms with E-state index in [0.717, 1.165) is 22.8 Å². The Hall–Kier alpha value is -1.54. The summed E-state index contributed by atoms with van der Waals surface area (Å²) < 4.78 is 0. The van der Waals surface area contributed by atoms with E-state index in [4.69, 9.17) is 5.73 Å². The fourth-order valence-electron chi connectivity index (χ4n) is 1.88. The maximum Gasteiger partial charge on any atom is 0.120 e. The Morgan fingerprint density at radius 2 is 1.93 bits per heavy atom. The van der Waals surface area contributed by atoms with Crippen LogP contribution in [0.25, 0.3) is 10.8 Å². The van der Waals surface area contributed by atoms with Crippen LogP contribution in [-0.4, -0.2) is 5.11 Å². The Morgan fingerprint density at radius 3 is 2.67 bits per heavy atom. The highest BCUT2D eigenvalue weighted by atomic mass is 16.3. The lowest BCUT2D eigenvalue weighted by Gasteiger charge is -2.14. The average molecular weight is 201 g/mol. The Kier molecular flexibility index (Phi) is 2.60. The number of phenolic OH excluding ortho intramolecular Hbond substituents is 1. The fourth-order valence-corrected chi connectivity index (χ4v) is 1.88. The second-order valence-electron chi connectivity index (χ2n) is 3.73. The van der Waals surface area contributed by atoms with Crippen molar-refractivity contribution in [3.8, 4) is 5.75 Å². The van der Waals surface area contributed by atoms with Gasteiger partial charge in [-0.25, -0.2) is 0 Å². The van der Waals surface area contributed by atoms with Gasteiger partial charge in [0.2, 0.25) is 0 Å². The van der Waals surface area contributed by atoms with Crippen LogP contribution in [-0.2, 0) is 0 Å². The van der Waals surface area contributed by atoms with Crippen molar-refractivity contribution >= 4 is 10.8 Å². The smallest absolute Gasteiger partial charge is 0.120 e. The summed E-state index contributed by atoms with van der Waals surface area (Å²) in [6.45, 7) is 2.02. The molecule has 0 unspecified atom stereocenters. The predicted molar refractivity (Wildman–Crippen MR) is 62.8 cm³/mol. The highest BCUT2D eigenvalue weighted by Crippen LogP contribution is 2.32. The van der Waals surface area contributed by atoms with Gasteiger partial charge in [-0.3, -0.25) is 0 Å². The van der Waals surface area contributed by atoms with E-state index in [1.807, 2.05) is 37.3 Å². The van der Waals surface area contributed by atoms with Crippen molar-refractivity contribution in [2.45, 2.75) is 19.4 Å². The first-order valence-electron chi connectivity index (χ1n) is 5.20. The fraction of sp³-hybridized carbons (Fsp3) is 0.231. The van der Waals surface area contributed by atoms with Crippen molar-refractivity contribution in [1.82, 2.24) is 0 Å². The van der Waals surface area contributed by atoms with Gasteiger partial charge in [0.15, 0.2) is 0 Å². The molecule has 0 aliphatic carbocycles. The Labute approximate surface area is 89.3 Å². The normalized spacial score (nSPS) is 12.9. The summed E-state index contributed by atoms with van der Waals surface area (Å²) in [6, 6.07) is 11.5. The van der Waals surface area contributed by atoms with Crippen LogP contribution >= 0.6 is 0 Å². The maximum absolute atomic E-state index is 9.83. The second-order valence-corrected chi connectivity index (χ2v) is 3.73. The number of rotatable bonds is 2. The van der Waals surface area contributed by atoms with Crippen molar-refractivity contribution in [3.05, 3.63) is 42.0 Å². The second kappa shape index (κ2) is 3.91. The number of fused-ring (bicyclic) bond motifs is 1. The van der Waals surface area contributed by atoms with E-state index in [1.54, 1.807) is 6.07 Å². The van der Waals surface area contributed by atoms with Gasteiger partial charge in [-0.2, -0.15) is 0 Å². The Bertz CT molecular complexity index is 479. The van der Waals surface area contributed by atoms with Gasteiger partial charge in [-0.15, -0.1) is 0 Å². The molecule has 15 heavy (non-hydrogen) atoms. The minimum Gasteiger partial charge on any atom is -0.508 e. The van der Waals surface area contributed by atoms with E-state index in [2.05, 4.69) is 0 Å².